The van der Waals surface area contributed by atoms with Crippen molar-refractivity contribution in [3.05, 3.63) is 64.3 Å². The van der Waals surface area contributed by atoms with Gasteiger partial charge in [-0.1, -0.05) is 0 Å². The largest absolute Gasteiger partial charge is 0.497 e. The van der Waals surface area contributed by atoms with Crippen LogP contribution in [0.15, 0.2) is 53.0 Å². The van der Waals surface area contributed by atoms with Crippen LogP contribution in [0.25, 0.3) is 0 Å². The third-order valence-corrected chi connectivity index (χ3v) is 5.78. The van der Waals surface area contributed by atoms with Gasteiger partial charge in [0, 0.05) is 40.7 Å². The highest BCUT2D eigenvalue weighted by Gasteiger charge is 2.15. The lowest BCUT2D eigenvalue weighted by Gasteiger charge is -2.17. The standard InChI is InChI=1S/C23H24BrN5O2/c1-15-13-21(29-11-3-4-12-29)28-23(25-15)27-17-7-5-16(6-8-17)26-22(30)19-14-18(31-2)9-10-20(19)24/h5-10,13-14H,3-4,11-12H2,1-2H3,(H,26,30)(H,25,27,28). The molecule has 0 radical (unpaired) electrons. The van der Waals surface area contributed by atoms with E-state index >= 15 is 0 Å². The highest BCUT2D eigenvalue weighted by atomic mass is 79.9. The van der Waals surface area contributed by atoms with Crippen molar-refractivity contribution >= 4 is 45.0 Å². The zero-order chi connectivity index (χ0) is 21.8. The number of ether oxygens (including phenoxy) is 1. The predicted molar refractivity (Wildman–Crippen MR) is 127 cm³/mol. The molecule has 31 heavy (non-hydrogen) atoms. The first-order valence-corrected chi connectivity index (χ1v) is 10.9. The molecule has 2 aromatic carbocycles. The van der Waals surface area contributed by atoms with Crippen molar-refractivity contribution in [3.63, 3.8) is 0 Å². The van der Waals surface area contributed by atoms with Crippen LogP contribution >= 0.6 is 15.9 Å². The number of nitrogens with one attached hydrogen (secondary N) is 2. The van der Waals surface area contributed by atoms with Gasteiger partial charge in [0.1, 0.15) is 11.6 Å². The van der Waals surface area contributed by atoms with Crippen molar-refractivity contribution in [2.45, 2.75) is 19.8 Å². The van der Waals surface area contributed by atoms with Crippen LogP contribution in [0.5, 0.6) is 5.75 Å². The van der Waals surface area contributed by atoms with E-state index in [1.54, 1.807) is 25.3 Å². The topological polar surface area (TPSA) is 79.4 Å². The summed E-state index contributed by atoms with van der Waals surface area (Å²) in [5, 5.41) is 6.17. The number of benzene rings is 2. The lowest BCUT2D eigenvalue weighted by molar-refractivity contribution is 0.102. The third-order valence-electron chi connectivity index (χ3n) is 5.09. The summed E-state index contributed by atoms with van der Waals surface area (Å²) in [6, 6.07) is 14.8. The van der Waals surface area contributed by atoms with Crippen molar-refractivity contribution in [1.29, 1.82) is 0 Å². The monoisotopic (exact) mass is 481 g/mol. The number of halogens is 1. The number of aromatic nitrogens is 2. The molecule has 0 spiro atoms. The van der Waals surface area contributed by atoms with E-state index in [0.29, 0.717) is 27.4 Å². The van der Waals surface area contributed by atoms with Crippen molar-refractivity contribution in [2.24, 2.45) is 0 Å². The Hall–Kier alpha value is -3.13. The summed E-state index contributed by atoms with van der Waals surface area (Å²) in [4.78, 5) is 24.1. The molecule has 2 heterocycles. The Balaban J connectivity index is 1.45. The molecule has 0 unspecified atom stereocenters. The number of hydrogen-bond acceptors (Lipinski definition) is 6. The molecule has 1 aromatic heterocycles. The average molecular weight is 482 g/mol. The molecule has 0 atom stereocenters. The van der Waals surface area contributed by atoms with Crippen molar-refractivity contribution in [2.75, 3.05) is 35.7 Å². The van der Waals surface area contributed by atoms with E-state index in [9.17, 15) is 4.79 Å². The summed E-state index contributed by atoms with van der Waals surface area (Å²) < 4.78 is 5.91. The van der Waals surface area contributed by atoms with E-state index in [2.05, 4.69) is 41.4 Å². The number of aryl methyl sites for hydroxylation is 1. The minimum absolute atomic E-state index is 0.219. The van der Waals surface area contributed by atoms with Crippen LogP contribution in [0.1, 0.15) is 28.9 Å². The number of methoxy groups -OCH3 is 1. The van der Waals surface area contributed by atoms with Gasteiger partial charge in [0.2, 0.25) is 5.95 Å². The normalized spacial score (nSPS) is 13.2. The van der Waals surface area contributed by atoms with Gasteiger partial charge in [0.25, 0.3) is 5.91 Å². The van der Waals surface area contributed by atoms with Crippen molar-refractivity contribution < 1.29 is 9.53 Å². The molecule has 1 aliphatic heterocycles. The van der Waals surface area contributed by atoms with Gasteiger partial charge in [0.05, 0.1) is 12.7 Å². The SMILES string of the molecule is COc1ccc(Br)c(C(=O)Nc2ccc(Nc3nc(C)cc(N4CCCC4)n3)cc2)c1. The fourth-order valence-electron chi connectivity index (χ4n) is 3.49. The van der Waals surface area contributed by atoms with Crippen LogP contribution in [-0.4, -0.2) is 36.1 Å². The van der Waals surface area contributed by atoms with Gasteiger partial charge in [-0.25, -0.2) is 4.98 Å². The third kappa shape index (κ3) is 5.14. The fraction of sp³-hybridized carbons (Fsp3) is 0.261. The number of hydrogen-bond donors (Lipinski definition) is 2. The van der Waals surface area contributed by atoms with E-state index in [1.165, 1.54) is 12.8 Å². The second-order valence-corrected chi connectivity index (χ2v) is 8.24. The van der Waals surface area contributed by atoms with Crippen LogP contribution in [0.3, 0.4) is 0 Å². The summed E-state index contributed by atoms with van der Waals surface area (Å²) >= 11 is 3.41. The molecule has 1 fully saturated rings. The minimum atomic E-state index is -0.219. The van der Waals surface area contributed by atoms with E-state index in [0.717, 1.165) is 30.3 Å². The zero-order valence-electron chi connectivity index (χ0n) is 17.5. The summed E-state index contributed by atoms with van der Waals surface area (Å²) in [7, 11) is 1.57. The van der Waals surface area contributed by atoms with Crippen molar-refractivity contribution in [3.8, 4) is 5.75 Å². The summed E-state index contributed by atoms with van der Waals surface area (Å²) in [6.07, 6.45) is 2.40. The van der Waals surface area contributed by atoms with Gasteiger partial charge in [-0.3, -0.25) is 4.79 Å². The van der Waals surface area contributed by atoms with Crippen LogP contribution in [-0.2, 0) is 0 Å². The van der Waals surface area contributed by atoms with Crippen LogP contribution < -0.4 is 20.3 Å². The van der Waals surface area contributed by atoms with Gasteiger partial charge in [-0.2, -0.15) is 4.98 Å². The summed E-state index contributed by atoms with van der Waals surface area (Å²) in [6.45, 7) is 4.04. The molecule has 0 saturated carbocycles. The Labute approximate surface area is 190 Å². The van der Waals surface area contributed by atoms with Gasteiger partial charge in [0.15, 0.2) is 0 Å². The molecule has 160 valence electrons. The molecular weight excluding hydrogens is 458 g/mol. The highest BCUT2D eigenvalue weighted by Crippen LogP contribution is 2.25. The maximum atomic E-state index is 12.6. The average Bonchev–Trinajstić information content (AvgIpc) is 3.30. The molecule has 1 aliphatic rings. The molecule has 1 amide bonds. The summed E-state index contributed by atoms with van der Waals surface area (Å²) in [5.74, 6) is 1.93. The number of rotatable bonds is 6. The molecule has 8 heteroatoms. The summed E-state index contributed by atoms with van der Waals surface area (Å²) in [5.41, 5.74) is 2.96. The Morgan fingerprint density at radius 3 is 2.45 bits per heavy atom. The van der Waals surface area contributed by atoms with E-state index in [4.69, 9.17) is 4.74 Å². The number of carbonyl (C=O) groups excluding carboxylic acids is 1. The predicted octanol–water partition coefficient (Wildman–Crippen LogP) is 5.15. The second kappa shape index (κ2) is 9.34. The van der Waals surface area contributed by atoms with E-state index in [1.807, 2.05) is 37.3 Å². The lowest BCUT2D eigenvalue weighted by atomic mass is 10.2. The quantitative estimate of drug-likeness (QED) is 0.506. The lowest BCUT2D eigenvalue weighted by Crippen LogP contribution is -2.19. The number of amides is 1. The Morgan fingerprint density at radius 2 is 1.74 bits per heavy atom. The van der Waals surface area contributed by atoms with E-state index in [-0.39, 0.29) is 5.91 Å². The van der Waals surface area contributed by atoms with Crippen molar-refractivity contribution in [1.82, 2.24) is 9.97 Å². The molecular formula is C23H24BrN5O2. The van der Waals surface area contributed by atoms with Crippen LogP contribution in [0.2, 0.25) is 0 Å². The number of anilines is 4. The zero-order valence-corrected chi connectivity index (χ0v) is 19.1. The molecule has 0 aliphatic carbocycles. The Bertz CT molecular complexity index is 1080. The number of nitrogens with zero attached hydrogens (tertiary/aromatic N) is 3. The van der Waals surface area contributed by atoms with Crippen LogP contribution in [0.4, 0.5) is 23.1 Å². The second-order valence-electron chi connectivity index (χ2n) is 7.39. The maximum Gasteiger partial charge on any atom is 0.256 e. The van der Waals surface area contributed by atoms with Gasteiger partial charge >= 0.3 is 0 Å². The highest BCUT2D eigenvalue weighted by molar-refractivity contribution is 9.10. The smallest absolute Gasteiger partial charge is 0.256 e. The van der Waals surface area contributed by atoms with Gasteiger partial charge in [-0.15, -0.1) is 0 Å². The first-order valence-electron chi connectivity index (χ1n) is 10.1. The molecule has 3 aromatic rings. The maximum absolute atomic E-state index is 12.6. The van der Waals surface area contributed by atoms with E-state index < -0.39 is 0 Å². The Kier molecular flexibility index (Phi) is 6.36. The Morgan fingerprint density at radius 1 is 1.03 bits per heavy atom. The minimum Gasteiger partial charge on any atom is -0.497 e. The van der Waals surface area contributed by atoms with Crippen LogP contribution in [0, 0.1) is 6.92 Å². The molecule has 0 bridgehead atoms. The van der Waals surface area contributed by atoms with Gasteiger partial charge < -0.3 is 20.3 Å². The first-order chi connectivity index (χ1) is 15.0. The molecule has 4 rings (SSSR count). The molecule has 7 nitrogen and oxygen atoms in total. The fourth-order valence-corrected chi connectivity index (χ4v) is 3.91. The molecule has 1 saturated heterocycles. The number of carbonyl (C=O) groups is 1. The van der Waals surface area contributed by atoms with Gasteiger partial charge in [-0.05, 0) is 78.2 Å². The molecule has 2 N–H and O–H groups in total. The first kappa shape index (κ1) is 21.1.